The van der Waals surface area contributed by atoms with Gasteiger partial charge in [-0.05, 0) is 63.2 Å². The van der Waals surface area contributed by atoms with Crippen LogP contribution in [-0.4, -0.2) is 70.0 Å². The number of amides is 1. The van der Waals surface area contributed by atoms with Crippen LogP contribution in [0.1, 0.15) is 40.5 Å². The number of ketones is 1. The van der Waals surface area contributed by atoms with Gasteiger partial charge in [-0.1, -0.05) is 6.57 Å². The van der Waals surface area contributed by atoms with Crippen LogP contribution in [0.5, 0.6) is 5.75 Å². The van der Waals surface area contributed by atoms with Gasteiger partial charge in [-0.3, -0.25) is 9.59 Å². The van der Waals surface area contributed by atoms with Gasteiger partial charge >= 0.3 is 6.01 Å². The largest absolute Gasteiger partial charge is 0.495 e. The lowest BCUT2D eigenvalue weighted by molar-refractivity contribution is 0.0916. The van der Waals surface area contributed by atoms with Crippen molar-refractivity contribution in [2.24, 2.45) is 0 Å². The smallest absolute Gasteiger partial charge is 0.475 e. The van der Waals surface area contributed by atoms with Crippen LogP contribution in [0.25, 0.3) is 16.4 Å². The maximum Gasteiger partial charge on any atom is 0.475 e. The zero-order chi connectivity index (χ0) is 24.9. The first kappa shape index (κ1) is 23.8. The van der Waals surface area contributed by atoms with E-state index in [1.165, 1.54) is 20.2 Å². The summed E-state index contributed by atoms with van der Waals surface area (Å²) in [6, 6.07) is 4.88. The van der Waals surface area contributed by atoms with Gasteiger partial charge in [0, 0.05) is 22.9 Å². The number of nitrogens with zero attached hydrogens (tertiary/aromatic N) is 6. The van der Waals surface area contributed by atoms with Crippen molar-refractivity contribution in [1.82, 2.24) is 30.4 Å². The third-order valence-corrected chi connectivity index (χ3v) is 5.64. The highest BCUT2D eigenvalue weighted by Gasteiger charge is 2.22. The van der Waals surface area contributed by atoms with E-state index in [4.69, 9.17) is 15.7 Å². The number of rotatable bonds is 7. The van der Waals surface area contributed by atoms with E-state index in [9.17, 15) is 9.59 Å². The van der Waals surface area contributed by atoms with Gasteiger partial charge in [-0.2, -0.15) is 0 Å². The average Bonchev–Trinajstić information content (AvgIpc) is 3.35. The van der Waals surface area contributed by atoms with Crippen LogP contribution in [-0.2, 0) is 0 Å². The van der Waals surface area contributed by atoms with E-state index >= 15 is 0 Å². The number of aromatic nitrogens is 4. The second-order valence-corrected chi connectivity index (χ2v) is 8.10. The second kappa shape index (κ2) is 10.3. The summed E-state index contributed by atoms with van der Waals surface area (Å²) < 4.78 is 10.7. The minimum Gasteiger partial charge on any atom is -0.495 e. The first-order valence-electron chi connectivity index (χ1n) is 10.9. The molecule has 35 heavy (non-hydrogen) atoms. The minimum absolute atomic E-state index is 0.0699. The van der Waals surface area contributed by atoms with Crippen molar-refractivity contribution in [3.63, 3.8) is 0 Å². The van der Waals surface area contributed by atoms with E-state index in [-0.39, 0.29) is 46.8 Å². The van der Waals surface area contributed by atoms with Gasteiger partial charge in [0.2, 0.25) is 5.95 Å². The van der Waals surface area contributed by atoms with Crippen LogP contribution in [0, 0.1) is 6.57 Å². The van der Waals surface area contributed by atoms with Crippen molar-refractivity contribution in [2.75, 3.05) is 32.6 Å². The lowest BCUT2D eigenvalue weighted by atomic mass is 10.0. The summed E-state index contributed by atoms with van der Waals surface area (Å²) in [6.45, 7) is 10.3. The number of Topliss-reactive ketones (excluding diaryl/α,β-unsaturated/α-hetero) is 1. The van der Waals surface area contributed by atoms with Crippen LogP contribution in [0.15, 0.2) is 28.8 Å². The fraction of sp³-hybridized carbons (Fsp3) is 0.348. The van der Waals surface area contributed by atoms with Crippen LogP contribution in [0.4, 0.5) is 17.7 Å². The van der Waals surface area contributed by atoms with Gasteiger partial charge < -0.3 is 29.5 Å². The van der Waals surface area contributed by atoms with Crippen LogP contribution in [0.3, 0.4) is 0 Å². The van der Waals surface area contributed by atoms with Gasteiger partial charge in [0.1, 0.15) is 11.4 Å². The number of carbonyl (C=O) groups is 2. The highest BCUT2D eigenvalue weighted by molar-refractivity contribution is 5.99. The maximum absolute atomic E-state index is 12.8. The molecule has 2 N–H and O–H groups in total. The molecule has 1 saturated heterocycles. The number of carbonyl (C=O) groups excluding carboxylic acids is 2. The van der Waals surface area contributed by atoms with Gasteiger partial charge in [-0.25, -0.2) is 9.97 Å². The third kappa shape index (κ3) is 5.42. The summed E-state index contributed by atoms with van der Waals surface area (Å²) in [4.78, 5) is 38.7. The Morgan fingerprint density at radius 3 is 2.69 bits per heavy atom. The molecule has 1 aliphatic rings. The van der Waals surface area contributed by atoms with E-state index in [1.807, 2.05) is 0 Å². The Bertz CT molecular complexity index is 1290. The summed E-state index contributed by atoms with van der Waals surface area (Å²) in [5, 5.41) is 13.5. The molecular formula is C23H24N8O4. The highest BCUT2D eigenvalue weighted by Crippen LogP contribution is 2.30. The number of ether oxygens (including phenoxy) is 1. The zero-order valence-corrected chi connectivity index (χ0v) is 19.5. The molecule has 1 aliphatic heterocycles. The van der Waals surface area contributed by atoms with Crippen LogP contribution in [0.2, 0.25) is 0 Å². The van der Waals surface area contributed by atoms with E-state index in [0.29, 0.717) is 17.0 Å². The Kier molecular flexibility index (Phi) is 6.98. The second-order valence-electron chi connectivity index (χ2n) is 8.10. The number of anilines is 2. The first-order valence-corrected chi connectivity index (χ1v) is 10.9. The molecule has 0 saturated carbocycles. The number of piperidine rings is 1. The molecule has 1 fully saturated rings. The molecule has 1 aromatic carbocycles. The Morgan fingerprint density at radius 1 is 1.26 bits per heavy atom. The molecule has 2 aromatic heterocycles. The molecule has 12 nitrogen and oxygen atoms in total. The predicted octanol–water partition coefficient (Wildman–Crippen LogP) is 2.86. The Balaban J connectivity index is 1.55. The summed E-state index contributed by atoms with van der Waals surface area (Å²) in [5.41, 5.74) is 1.25. The number of hydrogen-bond acceptors (Lipinski definition) is 10. The van der Waals surface area contributed by atoms with Crippen molar-refractivity contribution in [1.29, 1.82) is 0 Å². The molecule has 12 heteroatoms. The van der Waals surface area contributed by atoms with E-state index in [1.54, 1.807) is 18.2 Å². The molecular weight excluding hydrogens is 452 g/mol. The molecule has 0 unspecified atom stereocenters. The number of hydrogen-bond donors (Lipinski definition) is 2. The van der Waals surface area contributed by atoms with Gasteiger partial charge in [-0.15, -0.1) is 0 Å². The molecule has 0 atom stereocenters. The van der Waals surface area contributed by atoms with Gasteiger partial charge in [0.15, 0.2) is 5.78 Å². The lowest BCUT2D eigenvalue weighted by Crippen LogP contribution is -2.43. The highest BCUT2D eigenvalue weighted by atomic mass is 16.5. The Hall–Kier alpha value is -4.37. The lowest BCUT2D eigenvalue weighted by Gasteiger charge is -2.29. The summed E-state index contributed by atoms with van der Waals surface area (Å²) >= 11 is 0. The molecule has 0 bridgehead atoms. The Morgan fingerprint density at radius 2 is 2.03 bits per heavy atom. The number of nitrogens with one attached hydrogen (secondary N) is 2. The van der Waals surface area contributed by atoms with E-state index in [2.05, 4.69) is 47.6 Å². The van der Waals surface area contributed by atoms with Gasteiger partial charge in [0.25, 0.3) is 11.8 Å². The van der Waals surface area contributed by atoms with Gasteiger partial charge in [0.05, 0.1) is 18.4 Å². The van der Waals surface area contributed by atoms with Crippen molar-refractivity contribution in [3.8, 4) is 17.3 Å². The molecule has 3 aromatic rings. The molecule has 4 rings (SSSR count). The molecule has 0 aliphatic carbocycles. The van der Waals surface area contributed by atoms with Crippen LogP contribution < -0.4 is 15.4 Å². The molecule has 0 radical (unpaired) electrons. The summed E-state index contributed by atoms with van der Waals surface area (Å²) in [5.74, 6) is 0.0104. The van der Waals surface area contributed by atoms with Crippen molar-refractivity contribution < 1.29 is 18.7 Å². The topological polar surface area (TPSA) is 140 Å². The molecule has 0 spiro atoms. The fourth-order valence-electron chi connectivity index (χ4n) is 3.70. The first-order chi connectivity index (χ1) is 16.9. The van der Waals surface area contributed by atoms with Crippen molar-refractivity contribution >= 4 is 29.3 Å². The summed E-state index contributed by atoms with van der Waals surface area (Å²) in [6.07, 6.45) is 3.16. The van der Waals surface area contributed by atoms with Crippen molar-refractivity contribution in [3.05, 3.63) is 46.9 Å². The SMILES string of the molecule is [C-]#[N+]c1nnc(-c2nc(Nc3ccc(C(=O)NC4CCN(C)CC4)cc3OC)ncc2C(C)=O)o1. The number of methoxy groups -OCH3 is 1. The number of benzene rings is 1. The fourth-order valence-corrected chi connectivity index (χ4v) is 3.70. The zero-order valence-electron chi connectivity index (χ0n) is 19.5. The molecule has 3 heterocycles. The van der Waals surface area contributed by atoms with E-state index < -0.39 is 0 Å². The minimum atomic E-state index is -0.299. The Labute approximate surface area is 201 Å². The quantitative estimate of drug-likeness (QED) is 0.386. The van der Waals surface area contributed by atoms with Crippen molar-refractivity contribution in [2.45, 2.75) is 25.8 Å². The average molecular weight is 476 g/mol. The molecule has 180 valence electrons. The normalized spacial score (nSPS) is 14.2. The number of likely N-dealkylation sites (tertiary alicyclic amines) is 1. The summed E-state index contributed by atoms with van der Waals surface area (Å²) in [7, 11) is 3.57. The molecule has 1 amide bonds. The third-order valence-electron chi connectivity index (χ3n) is 5.64. The monoisotopic (exact) mass is 476 g/mol. The predicted molar refractivity (Wildman–Crippen MR) is 126 cm³/mol. The van der Waals surface area contributed by atoms with Crippen LogP contribution >= 0.6 is 0 Å². The van der Waals surface area contributed by atoms with E-state index in [0.717, 1.165) is 25.9 Å². The standard InChI is InChI=1S/C23H24N8O4/c1-13(32)16-12-25-22(28-19(16)21-29-30-23(24-2)35-21)27-17-6-5-14(11-18(17)34-4)20(33)26-15-7-9-31(3)10-8-15/h5-6,11-12,15H,7-10H2,1,3-4H3,(H,26,33)(H,25,27,28). The maximum atomic E-state index is 12.8.